The molecule has 6 heteroatoms. The van der Waals surface area contributed by atoms with Gasteiger partial charge in [-0.3, -0.25) is 4.21 Å². The van der Waals surface area contributed by atoms with Gasteiger partial charge in [0, 0.05) is 55.3 Å². The lowest BCUT2D eigenvalue weighted by atomic mass is 10.4. The van der Waals surface area contributed by atoms with Crippen LogP contribution in [0.5, 0.6) is 0 Å². The monoisotopic (exact) mass is 273 g/mol. The lowest BCUT2D eigenvalue weighted by Gasteiger charge is -2.14. The quantitative estimate of drug-likeness (QED) is 0.728. The van der Waals surface area contributed by atoms with Gasteiger partial charge in [-0.25, -0.2) is 4.98 Å². The van der Waals surface area contributed by atoms with Crippen LogP contribution in [0.2, 0.25) is 0 Å². The first-order valence-electron chi connectivity index (χ1n) is 6.12. The van der Waals surface area contributed by atoms with Gasteiger partial charge in [0.25, 0.3) is 0 Å². The van der Waals surface area contributed by atoms with Gasteiger partial charge in [0.1, 0.15) is 0 Å². The number of methoxy groups -OCH3 is 1. The zero-order valence-electron chi connectivity index (χ0n) is 11.6. The van der Waals surface area contributed by atoms with Crippen molar-refractivity contribution in [1.29, 1.82) is 0 Å². The maximum atomic E-state index is 11.2. The lowest BCUT2D eigenvalue weighted by Crippen LogP contribution is -2.24. The Morgan fingerprint density at radius 3 is 2.94 bits per heavy atom. The molecule has 0 saturated heterocycles. The maximum Gasteiger partial charge on any atom is 0.203 e. The summed E-state index contributed by atoms with van der Waals surface area (Å²) in [4.78, 5) is 4.45. The Bertz CT molecular complexity index is 393. The fourth-order valence-electron chi connectivity index (χ4n) is 1.83. The van der Waals surface area contributed by atoms with Crippen LogP contribution in [-0.4, -0.2) is 45.5 Å². The fraction of sp³-hybridized carbons (Fsp3) is 0.750. The summed E-state index contributed by atoms with van der Waals surface area (Å²) < 4.78 is 18.3. The number of rotatable bonds is 8. The zero-order chi connectivity index (χ0) is 13.5. The van der Waals surface area contributed by atoms with Gasteiger partial charge >= 0.3 is 0 Å². The van der Waals surface area contributed by atoms with Crippen molar-refractivity contribution in [2.24, 2.45) is 0 Å². The first kappa shape index (κ1) is 15.2. The molecule has 0 aliphatic carbocycles. The molecule has 0 aliphatic rings. The molecule has 0 bridgehead atoms. The molecule has 18 heavy (non-hydrogen) atoms. The average Bonchev–Trinajstić information content (AvgIpc) is 2.58. The van der Waals surface area contributed by atoms with E-state index in [4.69, 9.17) is 4.74 Å². The molecule has 0 amide bonds. The summed E-state index contributed by atoms with van der Waals surface area (Å²) in [5.41, 5.74) is 0.986. The van der Waals surface area contributed by atoms with E-state index in [2.05, 4.69) is 14.9 Å². The third-order valence-electron chi connectivity index (χ3n) is 2.50. The van der Waals surface area contributed by atoms with Gasteiger partial charge in [0.15, 0.2) is 0 Å². The Balaban J connectivity index is 2.60. The number of anilines is 1. The molecule has 0 saturated carbocycles. The van der Waals surface area contributed by atoms with E-state index in [9.17, 15) is 4.21 Å². The van der Waals surface area contributed by atoms with Gasteiger partial charge in [-0.15, -0.1) is 0 Å². The Hall–Kier alpha value is -0.880. The zero-order valence-corrected chi connectivity index (χ0v) is 12.4. The highest BCUT2D eigenvalue weighted by molar-refractivity contribution is 7.84. The molecule has 0 aliphatic heterocycles. The second kappa shape index (κ2) is 7.53. The Labute approximate surface area is 111 Å². The molecule has 5 nitrogen and oxygen atoms in total. The van der Waals surface area contributed by atoms with E-state index in [0.717, 1.165) is 31.2 Å². The summed E-state index contributed by atoms with van der Waals surface area (Å²) in [7, 11) is 0.910. The Morgan fingerprint density at radius 1 is 1.61 bits per heavy atom. The third-order valence-corrected chi connectivity index (χ3v) is 3.47. The van der Waals surface area contributed by atoms with Crippen LogP contribution in [0.15, 0.2) is 6.20 Å². The number of hydrogen-bond donors (Lipinski definition) is 1. The van der Waals surface area contributed by atoms with Crippen LogP contribution in [0.1, 0.15) is 19.0 Å². The minimum atomic E-state index is -0.795. The molecule has 1 heterocycles. The first-order chi connectivity index (χ1) is 8.52. The van der Waals surface area contributed by atoms with Crippen molar-refractivity contribution in [3.05, 3.63) is 11.9 Å². The summed E-state index contributed by atoms with van der Waals surface area (Å²) in [6.45, 7) is 5.61. The van der Waals surface area contributed by atoms with E-state index in [1.165, 1.54) is 0 Å². The van der Waals surface area contributed by atoms with Gasteiger partial charge in [0.05, 0.1) is 5.69 Å². The van der Waals surface area contributed by atoms with Crippen molar-refractivity contribution in [3.8, 4) is 0 Å². The van der Waals surface area contributed by atoms with Gasteiger partial charge in [-0.2, -0.15) is 0 Å². The summed E-state index contributed by atoms with van der Waals surface area (Å²) in [5, 5.41) is 3.31. The number of aryl methyl sites for hydroxylation is 2. The molecule has 0 radical (unpaired) electrons. The maximum absolute atomic E-state index is 11.2. The second-order valence-corrected chi connectivity index (χ2v) is 6.01. The molecule has 1 rings (SSSR count). The van der Waals surface area contributed by atoms with E-state index in [0.29, 0.717) is 5.75 Å². The molecular weight excluding hydrogens is 250 g/mol. The van der Waals surface area contributed by atoms with Crippen LogP contribution in [0.25, 0.3) is 0 Å². The average molecular weight is 273 g/mol. The van der Waals surface area contributed by atoms with Crippen molar-refractivity contribution >= 4 is 16.7 Å². The Kier molecular flexibility index (Phi) is 6.35. The highest BCUT2D eigenvalue weighted by Crippen LogP contribution is 2.11. The highest BCUT2D eigenvalue weighted by Gasteiger charge is 2.10. The molecule has 2 atom stereocenters. The molecule has 1 aromatic rings. The highest BCUT2D eigenvalue weighted by atomic mass is 32.2. The first-order valence-corrected chi connectivity index (χ1v) is 7.85. The number of aromatic nitrogens is 2. The number of nitrogens with one attached hydrogen (secondary N) is 1. The van der Waals surface area contributed by atoms with Crippen LogP contribution >= 0.6 is 0 Å². The van der Waals surface area contributed by atoms with Gasteiger partial charge in [-0.05, 0) is 20.3 Å². The number of ether oxygens (including phenoxy) is 1. The van der Waals surface area contributed by atoms with Crippen molar-refractivity contribution in [2.45, 2.75) is 32.9 Å². The SMILES string of the molecule is COCCCn1cc(C)nc1NC(C)CS(C)=O. The van der Waals surface area contributed by atoms with Crippen molar-refractivity contribution in [2.75, 3.05) is 31.0 Å². The molecule has 0 fully saturated rings. The number of nitrogens with zero attached hydrogens (tertiary/aromatic N) is 2. The molecule has 104 valence electrons. The Morgan fingerprint density at radius 2 is 2.33 bits per heavy atom. The molecule has 2 unspecified atom stereocenters. The lowest BCUT2D eigenvalue weighted by molar-refractivity contribution is 0.190. The summed E-state index contributed by atoms with van der Waals surface area (Å²) >= 11 is 0. The van der Waals surface area contributed by atoms with Gasteiger partial charge in [0.2, 0.25) is 5.95 Å². The minimum Gasteiger partial charge on any atom is -0.385 e. The predicted molar refractivity (Wildman–Crippen MR) is 75.5 cm³/mol. The standard InChI is InChI=1S/C12H23N3O2S/c1-10-8-15(6-5-7-17-3)12(13-10)14-11(2)9-18(4)16/h8,11H,5-7,9H2,1-4H3,(H,13,14). The third kappa shape index (κ3) is 5.18. The van der Waals surface area contributed by atoms with Crippen molar-refractivity contribution < 1.29 is 8.95 Å². The molecule has 1 N–H and O–H groups in total. The van der Waals surface area contributed by atoms with Crippen LogP contribution in [0.4, 0.5) is 5.95 Å². The van der Waals surface area contributed by atoms with Crippen LogP contribution < -0.4 is 5.32 Å². The van der Waals surface area contributed by atoms with Crippen molar-refractivity contribution in [3.63, 3.8) is 0 Å². The molecule has 1 aromatic heterocycles. The van der Waals surface area contributed by atoms with E-state index in [1.807, 2.05) is 20.0 Å². The largest absolute Gasteiger partial charge is 0.385 e. The number of imidazole rings is 1. The van der Waals surface area contributed by atoms with Gasteiger partial charge in [-0.1, -0.05) is 0 Å². The summed E-state index contributed by atoms with van der Waals surface area (Å²) in [5.74, 6) is 1.48. The van der Waals surface area contributed by atoms with E-state index < -0.39 is 10.8 Å². The van der Waals surface area contributed by atoms with E-state index >= 15 is 0 Å². The fourth-order valence-corrected chi connectivity index (χ4v) is 2.61. The predicted octanol–water partition coefficient (Wildman–Crippen LogP) is 1.41. The van der Waals surface area contributed by atoms with Crippen LogP contribution in [0.3, 0.4) is 0 Å². The molecule has 0 spiro atoms. The number of hydrogen-bond acceptors (Lipinski definition) is 4. The summed E-state index contributed by atoms with van der Waals surface area (Å²) in [6, 6.07) is 0.152. The smallest absolute Gasteiger partial charge is 0.203 e. The second-order valence-electron chi connectivity index (χ2n) is 4.53. The van der Waals surface area contributed by atoms with Crippen LogP contribution in [-0.2, 0) is 22.1 Å². The normalized spacial score (nSPS) is 14.4. The van der Waals surface area contributed by atoms with Gasteiger partial charge < -0.3 is 14.6 Å². The van der Waals surface area contributed by atoms with Crippen LogP contribution in [0, 0.1) is 6.92 Å². The molecule has 0 aromatic carbocycles. The molecular formula is C12H23N3O2S. The van der Waals surface area contributed by atoms with Crippen molar-refractivity contribution in [1.82, 2.24) is 9.55 Å². The van der Waals surface area contributed by atoms with E-state index in [1.54, 1.807) is 13.4 Å². The topological polar surface area (TPSA) is 56.1 Å². The summed E-state index contributed by atoms with van der Waals surface area (Å²) in [6.07, 6.45) is 4.69. The minimum absolute atomic E-state index is 0.152. The van der Waals surface area contributed by atoms with E-state index in [-0.39, 0.29) is 6.04 Å².